The third-order valence-corrected chi connectivity index (χ3v) is 8.29. The zero-order valence-electron chi connectivity index (χ0n) is 21.6. The standard InChI is InChI=1S/C30H27N3O5S2/c34-28(33(22-8-2-1-3-9-22)18-23-19-36-14-15-37-23)12-13-32(29(35)27-11-6-16-39-27)30-31-24(20-40-30)26-17-21-7-4-5-10-25(21)38-26/h1-11,16-17,20,23H,12-15,18-19H2. The molecule has 1 aliphatic heterocycles. The molecule has 10 heteroatoms. The summed E-state index contributed by atoms with van der Waals surface area (Å²) in [5.41, 5.74) is 2.20. The number of aromatic nitrogens is 1. The largest absolute Gasteiger partial charge is 0.454 e. The van der Waals surface area contributed by atoms with Crippen molar-refractivity contribution < 1.29 is 23.5 Å². The molecule has 1 fully saturated rings. The summed E-state index contributed by atoms with van der Waals surface area (Å²) in [7, 11) is 0. The first-order valence-electron chi connectivity index (χ1n) is 13.0. The average Bonchev–Trinajstić information content (AvgIpc) is 3.78. The molecule has 0 bridgehead atoms. The number of anilines is 2. The summed E-state index contributed by atoms with van der Waals surface area (Å²) in [6.07, 6.45) is -0.105. The number of rotatable bonds is 9. The number of benzene rings is 2. The average molecular weight is 574 g/mol. The maximum atomic E-state index is 13.7. The zero-order chi connectivity index (χ0) is 27.3. The second kappa shape index (κ2) is 12.1. The predicted molar refractivity (Wildman–Crippen MR) is 157 cm³/mol. The fourth-order valence-corrected chi connectivity index (χ4v) is 6.08. The Morgan fingerprint density at radius 3 is 2.58 bits per heavy atom. The van der Waals surface area contributed by atoms with Crippen LogP contribution < -0.4 is 9.80 Å². The van der Waals surface area contributed by atoms with Crippen molar-refractivity contribution in [3.8, 4) is 11.5 Å². The number of thiazole rings is 1. The van der Waals surface area contributed by atoms with Gasteiger partial charge >= 0.3 is 0 Å². The highest BCUT2D eigenvalue weighted by Crippen LogP contribution is 2.32. The number of fused-ring (bicyclic) bond motifs is 1. The molecule has 40 heavy (non-hydrogen) atoms. The molecule has 3 aromatic heterocycles. The van der Waals surface area contributed by atoms with Gasteiger partial charge in [-0.15, -0.1) is 22.7 Å². The third-order valence-electron chi connectivity index (χ3n) is 6.57. The van der Waals surface area contributed by atoms with Crippen LogP contribution in [-0.2, 0) is 14.3 Å². The molecule has 0 aliphatic carbocycles. The van der Waals surface area contributed by atoms with E-state index in [2.05, 4.69) is 0 Å². The van der Waals surface area contributed by atoms with Crippen molar-refractivity contribution in [2.75, 3.05) is 42.7 Å². The first-order chi connectivity index (χ1) is 19.7. The molecule has 5 aromatic rings. The minimum atomic E-state index is -0.216. The molecule has 2 amide bonds. The van der Waals surface area contributed by atoms with E-state index in [4.69, 9.17) is 18.9 Å². The van der Waals surface area contributed by atoms with E-state index >= 15 is 0 Å². The Bertz CT molecular complexity index is 1540. The van der Waals surface area contributed by atoms with Crippen molar-refractivity contribution in [1.29, 1.82) is 0 Å². The van der Waals surface area contributed by atoms with Gasteiger partial charge in [0, 0.05) is 29.4 Å². The molecule has 0 N–H and O–H groups in total. The van der Waals surface area contributed by atoms with E-state index in [0.29, 0.717) is 47.8 Å². The summed E-state index contributed by atoms with van der Waals surface area (Å²) >= 11 is 2.71. The van der Waals surface area contributed by atoms with Crippen LogP contribution in [0.1, 0.15) is 16.1 Å². The molecule has 0 saturated carbocycles. The van der Waals surface area contributed by atoms with E-state index in [1.54, 1.807) is 15.9 Å². The Balaban J connectivity index is 1.24. The monoisotopic (exact) mass is 573 g/mol. The van der Waals surface area contributed by atoms with Gasteiger partial charge in [0.05, 0.1) is 37.3 Å². The van der Waals surface area contributed by atoms with Crippen LogP contribution in [0.25, 0.3) is 22.4 Å². The number of thiophene rings is 1. The number of hydrogen-bond acceptors (Lipinski definition) is 8. The van der Waals surface area contributed by atoms with E-state index in [-0.39, 0.29) is 30.9 Å². The van der Waals surface area contributed by atoms with Crippen LogP contribution in [0.5, 0.6) is 0 Å². The lowest BCUT2D eigenvalue weighted by Gasteiger charge is -2.30. The summed E-state index contributed by atoms with van der Waals surface area (Å²) < 4.78 is 17.4. The molecular weight excluding hydrogens is 546 g/mol. The minimum absolute atomic E-state index is 0.110. The highest BCUT2D eigenvalue weighted by atomic mass is 32.1. The molecule has 0 radical (unpaired) electrons. The number of carbonyl (C=O) groups is 2. The summed E-state index contributed by atoms with van der Waals surface area (Å²) in [6.45, 7) is 2.04. The molecule has 204 valence electrons. The van der Waals surface area contributed by atoms with Crippen LogP contribution in [-0.4, -0.2) is 55.8 Å². The van der Waals surface area contributed by atoms with Crippen molar-refractivity contribution in [3.63, 3.8) is 0 Å². The summed E-state index contributed by atoms with van der Waals surface area (Å²) in [5, 5.41) is 5.23. The van der Waals surface area contributed by atoms with Crippen molar-refractivity contribution >= 4 is 56.3 Å². The van der Waals surface area contributed by atoms with Crippen LogP contribution >= 0.6 is 22.7 Å². The summed E-state index contributed by atoms with van der Waals surface area (Å²) in [5.74, 6) is 0.329. The number of para-hydroxylation sites is 2. The molecule has 1 aliphatic rings. The molecular formula is C30H27N3O5S2. The topological polar surface area (TPSA) is 85.1 Å². The van der Waals surface area contributed by atoms with Crippen LogP contribution in [0.4, 0.5) is 10.8 Å². The van der Waals surface area contributed by atoms with Gasteiger partial charge in [-0.1, -0.05) is 42.5 Å². The predicted octanol–water partition coefficient (Wildman–Crippen LogP) is 6.10. The van der Waals surface area contributed by atoms with Gasteiger partial charge in [-0.05, 0) is 35.7 Å². The second-order valence-electron chi connectivity index (χ2n) is 9.26. The van der Waals surface area contributed by atoms with Gasteiger partial charge in [0.2, 0.25) is 5.91 Å². The van der Waals surface area contributed by atoms with E-state index in [1.807, 2.05) is 77.5 Å². The maximum absolute atomic E-state index is 13.7. The zero-order valence-corrected chi connectivity index (χ0v) is 23.2. The molecule has 1 atom stereocenters. The Hall–Kier alpha value is -3.83. The lowest BCUT2D eigenvalue weighted by molar-refractivity contribution is -0.120. The van der Waals surface area contributed by atoms with Gasteiger partial charge < -0.3 is 18.8 Å². The molecule has 1 unspecified atom stereocenters. The Morgan fingerprint density at radius 1 is 0.950 bits per heavy atom. The van der Waals surface area contributed by atoms with Crippen molar-refractivity contribution in [2.45, 2.75) is 12.5 Å². The molecule has 1 saturated heterocycles. The fraction of sp³-hybridized carbons (Fsp3) is 0.233. The van der Waals surface area contributed by atoms with Gasteiger partial charge in [-0.2, -0.15) is 0 Å². The van der Waals surface area contributed by atoms with E-state index in [1.165, 1.54) is 22.7 Å². The first kappa shape index (κ1) is 26.4. The van der Waals surface area contributed by atoms with Crippen LogP contribution in [0, 0.1) is 0 Å². The quantitative estimate of drug-likeness (QED) is 0.212. The normalized spacial score (nSPS) is 15.2. The van der Waals surface area contributed by atoms with Gasteiger partial charge in [0.15, 0.2) is 10.9 Å². The smallest absolute Gasteiger partial charge is 0.270 e. The van der Waals surface area contributed by atoms with Crippen molar-refractivity contribution in [2.24, 2.45) is 0 Å². The molecule has 0 spiro atoms. The highest BCUT2D eigenvalue weighted by Gasteiger charge is 2.27. The first-order valence-corrected chi connectivity index (χ1v) is 14.8. The van der Waals surface area contributed by atoms with E-state index in [0.717, 1.165) is 16.7 Å². The number of nitrogens with zero attached hydrogens (tertiary/aromatic N) is 3. The summed E-state index contributed by atoms with van der Waals surface area (Å²) in [6, 6.07) is 22.8. The summed E-state index contributed by atoms with van der Waals surface area (Å²) in [4.78, 5) is 35.9. The van der Waals surface area contributed by atoms with Gasteiger partial charge in [0.1, 0.15) is 11.3 Å². The van der Waals surface area contributed by atoms with Crippen molar-refractivity contribution in [3.05, 3.63) is 88.4 Å². The van der Waals surface area contributed by atoms with Crippen LogP contribution in [0.3, 0.4) is 0 Å². The van der Waals surface area contributed by atoms with Crippen molar-refractivity contribution in [1.82, 2.24) is 4.98 Å². The van der Waals surface area contributed by atoms with E-state index in [9.17, 15) is 9.59 Å². The number of hydrogen-bond donors (Lipinski definition) is 0. The van der Waals surface area contributed by atoms with Gasteiger partial charge in [-0.3, -0.25) is 14.5 Å². The Labute approximate surface area is 239 Å². The lowest BCUT2D eigenvalue weighted by atomic mass is 10.2. The maximum Gasteiger partial charge on any atom is 0.270 e. The Kier molecular flexibility index (Phi) is 8.01. The van der Waals surface area contributed by atoms with Gasteiger partial charge in [0.25, 0.3) is 5.91 Å². The number of amides is 2. The van der Waals surface area contributed by atoms with E-state index < -0.39 is 0 Å². The SMILES string of the molecule is O=C(CCN(C(=O)c1cccs1)c1nc(-c2cc3ccccc3o2)cs1)N(CC1COCCO1)c1ccccc1. The molecule has 4 heterocycles. The Morgan fingerprint density at radius 2 is 1.80 bits per heavy atom. The highest BCUT2D eigenvalue weighted by molar-refractivity contribution is 7.14. The second-order valence-corrected chi connectivity index (χ2v) is 11.0. The number of carbonyl (C=O) groups excluding carboxylic acids is 2. The minimum Gasteiger partial charge on any atom is -0.454 e. The lowest BCUT2D eigenvalue weighted by Crippen LogP contribution is -2.44. The van der Waals surface area contributed by atoms with Gasteiger partial charge in [-0.25, -0.2) is 4.98 Å². The molecule has 8 nitrogen and oxygen atoms in total. The molecule has 2 aromatic carbocycles. The third kappa shape index (κ3) is 5.85. The van der Waals surface area contributed by atoms with Crippen LogP contribution in [0.15, 0.2) is 88.0 Å². The molecule has 6 rings (SSSR count). The fourth-order valence-electron chi connectivity index (χ4n) is 4.57. The van der Waals surface area contributed by atoms with Crippen LogP contribution in [0.2, 0.25) is 0 Å². The number of ether oxygens (including phenoxy) is 2. The number of furan rings is 1.